The molecule has 2 aromatic rings. The standard InChI is InChI=1S/C19H22N2O3/c1-3-21(16-7-5-4-6-8-16)12-19(22)20-14(2)15-9-10-17-18(11-15)24-13-23-17/h4-11,14H,3,12-13H2,1-2H3,(H,20,22). The molecule has 3 rings (SSSR count). The molecule has 1 aliphatic heterocycles. The highest BCUT2D eigenvalue weighted by Gasteiger charge is 2.17. The molecule has 0 radical (unpaired) electrons. The van der Waals surface area contributed by atoms with Gasteiger partial charge in [0.2, 0.25) is 12.7 Å². The number of likely N-dealkylation sites (N-methyl/N-ethyl adjacent to an activating group) is 1. The van der Waals surface area contributed by atoms with Gasteiger partial charge in [-0.2, -0.15) is 0 Å². The van der Waals surface area contributed by atoms with Gasteiger partial charge in [0, 0.05) is 12.2 Å². The van der Waals surface area contributed by atoms with Gasteiger partial charge in [-0.05, 0) is 43.7 Å². The van der Waals surface area contributed by atoms with Crippen molar-refractivity contribution in [3.05, 3.63) is 54.1 Å². The van der Waals surface area contributed by atoms with Crippen LogP contribution in [0.3, 0.4) is 0 Å². The summed E-state index contributed by atoms with van der Waals surface area (Å²) in [4.78, 5) is 14.4. The van der Waals surface area contributed by atoms with Crippen LogP contribution in [0.5, 0.6) is 11.5 Å². The number of rotatable bonds is 6. The maximum absolute atomic E-state index is 12.4. The zero-order valence-electron chi connectivity index (χ0n) is 14.0. The van der Waals surface area contributed by atoms with Crippen molar-refractivity contribution in [3.8, 4) is 11.5 Å². The Balaban J connectivity index is 1.61. The SMILES string of the molecule is CCN(CC(=O)NC(C)c1ccc2c(c1)OCO2)c1ccccc1. The lowest BCUT2D eigenvalue weighted by Gasteiger charge is -2.24. The molecule has 5 heteroatoms. The van der Waals surface area contributed by atoms with Gasteiger partial charge in [-0.15, -0.1) is 0 Å². The van der Waals surface area contributed by atoms with E-state index in [4.69, 9.17) is 9.47 Å². The number of para-hydroxylation sites is 1. The Morgan fingerprint density at radius 1 is 1.17 bits per heavy atom. The Kier molecular flexibility index (Phi) is 4.89. The minimum Gasteiger partial charge on any atom is -0.454 e. The van der Waals surface area contributed by atoms with Crippen LogP contribution in [0.2, 0.25) is 0 Å². The van der Waals surface area contributed by atoms with Crippen LogP contribution in [0.1, 0.15) is 25.5 Å². The molecule has 0 saturated heterocycles. The maximum Gasteiger partial charge on any atom is 0.239 e. The molecule has 1 unspecified atom stereocenters. The third-order valence-corrected chi connectivity index (χ3v) is 4.11. The van der Waals surface area contributed by atoms with Gasteiger partial charge < -0.3 is 19.7 Å². The van der Waals surface area contributed by atoms with E-state index in [1.54, 1.807) is 0 Å². The predicted octanol–water partition coefficient (Wildman–Crippen LogP) is 3.12. The molecule has 0 fully saturated rings. The number of anilines is 1. The fourth-order valence-corrected chi connectivity index (χ4v) is 2.75. The van der Waals surface area contributed by atoms with Crippen LogP contribution in [0.25, 0.3) is 0 Å². The number of nitrogens with one attached hydrogen (secondary N) is 1. The minimum atomic E-state index is -0.0959. The summed E-state index contributed by atoms with van der Waals surface area (Å²) in [6.45, 7) is 5.36. The van der Waals surface area contributed by atoms with Crippen LogP contribution in [0, 0.1) is 0 Å². The highest BCUT2D eigenvalue weighted by molar-refractivity contribution is 5.81. The van der Waals surface area contributed by atoms with Gasteiger partial charge in [0.25, 0.3) is 0 Å². The maximum atomic E-state index is 12.4. The topological polar surface area (TPSA) is 50.8 Å². The molecule has 1 heterocycles. The first-order chi connectivity index (χ1) is 11.7. The summed E-state index contributed by atoms with van der Waals surface area (Å²) < 4.78 is 10.7. The Bertz CT molecular complexity index is 703. The lowest BCUT2D eigenvalue weighted by Crippen LogP contribution is -2.38. The molecule has 1 N–H and O–H groups in total. The number of carbonyl (C=O) groups excluding carboxylic acids is 1. The Hall–Kier alpha value is -2.69. The summed E-state index contributed by atoms with van der Waals surface area (Å²) in [5, 5.41) is 3.04. The second kappa shape index (κ2) is 7.25. The normalized spacial score (nSPS) is 13.4. The predicted molar refractivity (Wildman–Crippen MR) is 93.5 cm³/mol. The summed E-state index contributed by atoms with van der Waals surface area (Å²) in [5.74, 6) is 1.47. The van der Waals surface area contributed by atoms with E-state index >= 15 is 0 Å². The molecule has 1 atom stereocenters. The lowest BCUT2D eigenvalue weighted by molar-refractivity contribution is -0.120. The highest BCUT2D eigenvalue weighted by Crippen LogP contribution is 2.34. The molecular weight excluding hydrogens is 304 g/mol. The number of ether oxygens (including phenoxy) is 2. The molecule has 0 aliphatic carbocycles. The molecule has 0 saturated carbocycles. The first-order valence-electron chi connectivity index (χ1n) is 8.16. The van der Waals surface area contributed by atoms with E-state index in [-0.39, 0.29) is 18.7 Å². The summed E-state index contributed by atoms with van der Waals surface area (Å²) in [5.41, 5.74) is 2.04. The number of benzene rings is 2. The monoisotopic (exact) mass is 326 g/mol. The van der Waals surface area contributed by atoms with E-state index < -0.39 is 0 Å². The quantitative estimate of drug-likeness (QED) is 0.886. The first-order valence-corrected chi connectivity index (χ1v) is 8.16. The van der Waals surface area contributed by atoms with Gasteiger partial charge in [-0.1, -0.05) is 24.3 Å². The molecule has 0 aromatic heterocycles. The van der Waals surface area contributed by atoms with Crippen LogP contribution < -0.4 is 19.7 Å². The number of carbonyl (C=O) groups is 1. The van der Waals surface area contributed by atoms with E-state index in [1.807, 2.05) is 67.3 Å². The van der Waals surface area contributed by atoms with E-state index in [0.717, 1.165) is 29.3 Å². The smallest absolute Gasteiger partial charge is 0.239 e. The average molecular weight is 326 g/mol. The van der Waals surface area contributed by atoms with Crippen LogP contribution in [0.4, 0.5) is 5.69 Å². The third kappa shape index (κ3) is 3.62. The van der Waals surface area contributed by atoms with Gasteiger partial charge in [0.05, 0.1) is 12.6 Å². The molecule has 0 bridgehead atoms. The number of nitrogens with zero attached hydrogens (tertiary/aromatic N) is 1. The number of hydrogen-bond donors (Lipinski definition) is 1. The second-order valence-corrected chi connectivity index (χ2v) is 5.75. The fraction of sp³-hybridized carbons (Fsp3) is 0.316. The molecule has 2 aromatic carbocycles. The van der Waals surface area contributed by atoms with Crippen molar-refractivity contribution in [3.63, 3.8) is 0 Å². The van der Waals surface area contributed by atoms with E-state index in [9.17, 15) is 4.79 Å². The van der Waals surface area contributed by atoms with Crippen molar-refractivity contribution < 1.29 is 14.3 Å². The van der Waals surface area contributed by atoms with E-state index in [0.29, 0.717) is 6.54 Å². The number of fused-ring (bicyclic) bond motifs is 1. The van der Waals surface area contributed by atoms with Crippen molar-refractivity contribution in [2.45, 2.75) is 19.9 Å². The second-order valence-electron chi connectivity index (χ2n) is 5.75. The minimum absolute atomic E-state index is 0.00845. The van der Waals surface area contributed by atoms with Gasteiger partial charge in [0.1, 0.15) is 0 Å². The van der Waals surface area contributed by atoms with Crippen LogP contribution in [0.15, 0.2) is 48.5 Å². The summed E-state index contributed by atoms with van der Waals surface area (Å²) in [6, 6.07) is 15.6. The van der Waals surface area contributed by atoms with Crippen molar-refractivity contribution in [2.24, 2.45) is 0 Å². The average Bonchev–Trinajstić information content (AvgIpc) is 3.08. The Morgan fingerprint density at radius 3 is 2.67 bits per heavy atom. The van der Waals surface area contributed by atoms with Crippen molar-refractivity contribution in [2.75, 3.05) is 24.8 Å². The zero-order chi connectivity index (χ0) is 16.9. The fourth-order valence-electron chi connectivity index (χ4n) is 2.75. The summed E-state index contributed by atoms with van der Waals surface area (Å²) in [6.07, 6.45) is 0. The molecular formula is C19H22N2O3. The van der Waals surface area contributed by atoms with Gasteiger partial charge >= 0.3 is 0 Å². The van der Waals surface area contributed by atoms with E-state index in [1.165, 1.54) is 0 Å². The Labute approximate surface area is 142 Å². The molecule has 126 valence electrons. The largest absolute Gasteiger partial charge is 0.454 e. The number of hydrogen-bond acceptors (Lipinski definition) is 4. The zero-order valence-corrected chi connectivity index (χ0v) is 14.0. The molecule has 1 amide bonds. The van der Waals surface area contributed by atoms with Crippen molar-refractivity contribution in [1.29, 1.82) is 0 Å². The van der Waals surface area contributed by atoms with E-state index in [2.05, 4.69) is 5.32 Å². The van der Waals surface area contributed by atoms with Crippen LogP contribution in [-0.4, -0.2) is 25.8 Å². The molecule has 24 heavy (non-hydrogen) atoms. The van der Waals surface area contributed by atoms with Crippen molar-refractivity contribution >= 4 is 11.6 Å². The van der Waals surface area contributed by atoms with Gasteiger partial charge in [0.15, 0.2) is 11.5 Å². The summed E-state index contributed by atoms with van der Waals surface area (Å²) in [7, 11) is 0. The lowest BCUT2D eigenvalue weighted by atomic mass is 10.1. The Morgan fingerprint density at radius 2 is 1.92 bits per heavy atom. The molecule has 0 spiro atoms. The van der Waals surface area contributed by atoms with Crippen LogP contribution >= 0.6 is 0 Å². The third-order valence-electron chi connectivity index (χ3n) is 4.11. The summed E-state index contributed by atoms with van der Waals surface area (Å²) >= 11 is 0. The highest BCUT2D eigenvalue weighted by atomic mass is 16.7. The van der Waals surface area contributed by atoms with Crippen molar-refractivity contribution in [1.82, 2.24) is 5.32 Å². The first kappa shape index (κ1) is 16.2. The molecule has 5 nitrogen and oxygen atoms in total. The molecule has 1 aliphatic rings. The number of amides is 1. The van der Waals surface area contributed by atoms with Crippen LogP contribution in [-0.2, 0) is 4.79 Å². The van der Waals surface area contributed by atoms with Gasteiger partial charge in [-0.3, -0.25) is 4.79 Å². The van der Waals surface area contributed by atoms with Gasteiger partial charge in [-0.25, -0.2) is 0 Å².